The maximum Gasteiger partial charge on any atom is 0.221 e. The second kappa shape index (κ2) is 5.56. The molecule has 0 aromatic heterocycles. The van der Waals surface area contributed by atoms with Gasteiger partial charge in [0.15, 0.2) is 0 Å². The lowest BCUT2D eigenvalue weighted by Crippen LogP contribution is -2.07. The van der Waals surface area contributed by atoms with Crippen molar-refractivity contribution in [1.29, 1.82) is 0 Å². The van der Waals surface area contributed by atoms with E-state index in [0.717, 1.165) is 11.4 Å². The van der Waals surface area contributed by atoms with Crippen LogP contribution in [-0.2, 0) is 4.79 Å². The van der Waals surface area contributed by atoms with E-state index in [2.05, 4.69) is 10.6 Å². The minimum Gasteiger partial charge on any atom is -0.354 e. The van der Waals surface area contributed by atoms with Crippen LogP contribution in [0, 0.1) is 0 Å². The van der Waals surface area contributed by atoms with E-state index in [1.165, 1.54) is 6.92 Å². The highest BCUT2D eigenvalue weighted by atomic mass is 35.5. The average molecular weight is 261 g/mol. The molecule has 92 valence electrons. The highest BCUT2D eigenvalue weighted by Crippen LogP contribution is 2.28. The van der Waals surface area contributed by atoms with Crippen molar-refractivity contribution in [3.05, 3.63) is 53.6 Å². The van der Waals surface area contributed by atoms with Gasteiger partial charge in [-0.05, 0) is 30.3 Å². The molecule has 0 unspecified atom stereocenters. The zero-order valence-electron chi connectivity index (χ0n) is 9.91. The van der Waals surface area contributed by atoms with Gasteiger partial charge in [0.25, 0.3) is 0 Å². The molecule has 0 radical (unpaired) electrons. The van der Waals surface area contributed by atoms with Gasteiger partial charge in [0.05, 0.1) is 11.4 Å². The Hall–Kier alpha value is -2.00. The molecule has 0 bridgehead atoms. The van der Waals surface area contributed by atoms with Gasteiger partial charge in [0.1, 0.15) is 0 Å². The molecule has 0 aliphatic carbocycles. The van der Waals surface area contributed by atoms with Gasteiger partial charge in [-0.2, -0.15) is 0 Å². The van der Waals surface area contributed by atoms with E-state index in [-0.39, 0.29) is 5.91 Å². The molecule has 0 atom stereocenters. The molecule has 2 rings (SSSR count). The average Bonchev–Trinajstić information content (AvgIpc) is 2.33. The summed E-state index contributed by atoms with van der Waals surface area (Å²) in [6.07, 6.45) is 0. The molecular formula is C14H13ClN2O. The number of amides is 1. The lowest BCUT2D eigenvalue weighted by atomic mass is 10.2. The molecule has 0 heterocycles. The van der Waals surface area contributed by atoms with Crippen molar-refractivity contribution in [2.24, 2.45) is 0 Å². The van der Waals surface area contributed by atoms with Crippen molar-refractivity contribution in [2.75, 3.05) is 10.6 Å². The van der Waals surface area contributed by atoms with Crippen molar-refractivity contribution in [1.82, 2.24) is 0 Å². The van der Waals surface area contributed by atoms with Crippen LogP contribution in [0.5, 0.6) is 0 Å². The highest BCUT2D eigenvalue weighted by Gasteiger charge is 2.05. The predicted molar refractivity (Wildman–Crippen MR) is 75.5 cm³/mol. The van der Waals surface area contributed by atoms with Gasteiger partial charge in [-0.3, -0.25) is 4.79 Å². The summed E-state index contributed by atoms with van der Waals surface area (Å²) in [6.45, 7) is 1.47. The smallest absolute Gasteiger partial charge is 0.221 e. The minimum atomic E-state index is -0.131. The Labute approximate surface area is 111 Å². The van der Waals surface area contributed by atoms with Crippen LogP contribution < -0.4 is 10.6 Å². The number of rotatable bonds is 3. The molecule has 0 saturated carbocycles. The quantitative estimate of drug-likeness (QED) is 0.874. The number of carbonyl (C=O) groups excluding carboxylic acids is 1. The van der Waals surface area contributed by atoms with E-state index < -0.39 is 0 Å². The van der Waals surface area contributed by atoms with E-state index in [1.54, 1.807) is 12.1 Å². The van der Waals surface area contributed by atoms with E-state index in [0.29, 0.717) is 10.7 Å². The van der Waals surface area contributed by atoms with Gasteiger partial charge in [0.2, 0.25) is 5.91 Å². The number of benzene rings is 2. The summed E-state index contributed by atoms with van der Waals surface area (Å²) in [5, 5.41) is 6.56. The van der Waals surface area contributed by atoms with Crippen LogP contribution in [-0.4, -0.2) is 5.91 Å². The molecule has 0 aliphatic rings. The summed E-state index contributed by atoms with van der Waals surface area (Å²) >= 11 is 5.92. The molecule has 2 aromatic rings. The number of para-hydroxylation sites is 1. The minimum absolute atomic E-state index is 0.131. The van der Waals surface area contributed by atoms with Gasteiger partial charge in [-0.25, -0.2) is 0 Å². The number of hydrogen-bond acceptors (Lipinski definition) is 2. The van der Waals surface area contributed by atoms with Crippen molar-refractivity contribution in [3.63, 3.8) is 0 Å². The standard InChI is InChI=1S/C14H13ClN2O/c1-10(18)16-14-9-11(15)7-8-13(14)17-12-5-3-2-4-6-12/h2-9,17H,1H3,(H,16,18). The first-order valence-electron chi connectivity index (χ1n) is 5.54. The van der Waals surface area contributed by atoms with Crippen LogP contribution in [0.15, 0.2) is 48.5 Å². The van der Waals surface area contributed by atoms with Gasteiger partial charge in [-0.15, -0.1) is 0 Å². The predicted octanol–water partition coefficient (Wildman–Crippen LogP) is 4.04. The molecule has 0 aliphatic heterocycles. The van der Waals surface area contributed by atoms with Crippen molar-refractivity contribution < 1.29 is 4.79 Å². The Kier molecular flexibility index (Phi) is 3.85. The number of nitrogens with one attached hydrogen (secondary N) is 2. The van der Waals surface area contributed by atoms with Crippen LogP contribution in [0.3, 0.4) is 0 Å². The molecule has 2 aromatic carbocycles. The van der Waals surface area contributed by atoms with Crippen molar-refractivity contribution in [2.45, 2.75) is 6.92 Å². The van der Waals surface area contributed by atoms with Gasteiger partial charge < -0.3 is 10.6 Å². The van der Waals surface area contributed by atoms with E-state index >= 15 is 0 Å². The van der Waals surface area contributed by atoms with Crippen LogP contribution in [0.4, 0.5) is 17.1 Å². The van der Waals surface area contributed by atoms with E-state index in [4.69, 9.17) is 11.6 Å². The fourth-order valence-corrected chi connectivity index (χ4v) is 1.77. The number of anilines is 3. The zero-order valence-corrected chi connectivity index (χ0v) is 10.7. The summed E-state index contributed by atoms with van der Waals surface area (Å²) in [5.74, 6) is -0.131. The lowest BCUT2D eigenvalue weighted by Gasteiger charge is -2.12. The molecule has 2 N–H and O–H groups in total. The summed E-state index contributed by atoms with van der Waals surface area (Å²) in [5.41, 5.74) is 2.42. The van der Waals surface area contributed by atoms with Crippen molar-refractivity contribution in [3.8, 4) is 0 Å². The Bertz CT molecular complexity index is 555. The largest absolute Gasteiger partial charge is 0.354 e. The van der Waals surface area contributed by atoms with Gasteiger partial charge in [-0.1, -0.05) is 29.8 Å². The van der Waals surface area contributed by atoms with Crippen LogP contribution >= 0.6 is 11.6 Å². The van der Waals surface area contributed by atoms with Crippen LogP contribution in [0.25, 0.3) is 0 Å². The normalized spacial score (nSPS) is 9.89. The third kappa shape index (κ3) is 3.25. The summed E-state index contributed by atoms with van der Waals surface area (Å²) in [6, 6.07) is 15.1. The first-order valence-corrected chi connectivity index (χ1v) is 5.92. The van der Waals surface area contributed by atoms with E-state index in [9.17, 15) is 4.79 Å². The Morgan fingerprint density at radius 2 is 1.78 bits per heavy atom. The molecule has 0 spiro atoms. The first-order chi connectivity index (χ1) is 8.65. The number of hydrogen-bond donors (Lipinski definition) is 2. The molecule has 18 heavy (non-hydrogen) atoms. The van der Waals surface area contributed by atoms with Crippen LogP contribution in [0.1, 0.15) is 6.92 Å². The van der Waals surface area contributed by atoms with Gasteiger partial charge in [0, 0.05) is 17.6 Å². The third-order valence-electron chi connectivity index (χ3n) is 2.35. The SMILES string of the molecule is CC(=O)Nc1cc(Cl)ccc1Nc1ccccc1. The Balaban J connectivity index is 2.29. The molecule has 3 nitrogen and oxygen atoms in total. The summed E-state index contributed by atoms with van der Waals surface area (Å²) < 4.78 is 0. The van der Waals surface area contributed by atoms with Gasteiger partial charge >= 0.3 is 0 Å². The molecule has 0 saturated heterocycles. The lowest BCUT2D eigenvalue weighted by molar-refractivity contribution is -0.114. The number of halogens is 1. The Morgan fingerprint density at radius 3 is 2.44 bits per heavy atom. The maximum absolute atomic E-state index is 11.1. The molecule has 4 heteroatoms. The summed E-state index contributed by atoms with van der Waals surface area (Å²) in [7, 11) is 0. The van der Waals surface area contributed by atoms with Crippen molar-refractivity contribution >= 4 is 34.6 Å². The molecular weight excluding hydrogens is 248 g/mol. The fraction of sp³-hybridized carbons (Fsp3) is 0.0714. The Morgan fingerprint density at radius 1 is 1.06 bits per heavy atom. The second-order valence-corrected chi connectivity index (χ2v) is 4.30. The fourth-order valence-electron chi connectivity index (χ4n) is 1.60. The monoisotopic (exact) mass is 260 g/mol. The first kappa shape index (κ1) is 12.5. The summed E-state index contributed by atoms with van der Waals surface area (Å²) in [4.78, 5) is 11.1. The van der Waals surface area contributed by atoms with Crippen LogP contribution in [0.2, 0.25) is 5.02 Å². The maximum atomic E-state index is 11.1. The van der Waals surface area contributed by atoms with E-state index in [1.807, 2.05) is 36.4 Å². The molecule has 0 fully saturated rings. The third-order valence-corrected chi connectivity index (χ3v) is 2.58. The second-order valence-electron chi connectivity index (χ2n) is 3.86. The highest BCUT2D eigenvalue weighted by molar-refractivity contribution is 6.31. The zero-order chi connectivity index (χ0) is 13.0. The topological polar surface area (TPSA) is 41.1 Å². The number of carbonyl (C=O) groups is 1. The molecule has 1 amide bonds.